The molecule has 6 heteroatoms. The number of carbonyl (C=O) groups excluding carboxylic acids is 1. The molecule has 6 nitrogen and oxygen atoms in total. The van der Waals surface area contributed by atoms with Crippen LogP contribution in [0.15, 0.2) is 55.2 Å². The van der Waals surface area contributed by atoms with E-state index in [-0.39, 0.29) is 5.91 Å². The minimum atomic E-state index is 0.0961. The lowest BCUT2D eigenvalue weighted by Gasteiger charge is -2.33. The van der Waals surface area contributed by atoms with Crippen molar-refractivity contribution in [2.24, 2.45) is 5.92 Å². The van der Waals surface area contributed by atoms with Crippen LogP contribution in [0.3, 0.4) is 0 Å². The molecular formula is C21H23N5O. The summed E-state index contributed by atoms with van der Waals surface area (Å²) in [7, 11) is 0. The summed E-state index contributed by atoms with van der Waals surface area (Å²) in [6, 6.07) is 7.54. The maximum absolute atomic E-state index is 12.8. The van der Waals surface area contributed by atoms with E-state index in [0.717, 1.165) is 49.6 Å². The highest BCUT2D eigenvalue weighted by atomic mass is 16.2. The molecule has 0 radical (unpaired) electrons. The number of carbonyl (C=O) groups is 1. The number of hydrogen-bond acceptors (Lipinski definition) is 4. The van der Waals surface area contributed by atoms with E-state index < -0.39 is 0 Å². The second kappa shape index (κ2) is 7.70. The Kier molecular flexibility index (Phi) is 4.96. The molecule has 27 heavy (non-hydrogen) atoms. The molecule has 3 aromatic heterocycles. The maximum Gasteiger partial charge on any atom is 0.253 e. The van der Waals surface area contributed by atoms with Gasteiger partial charge in [0.25, 0.3) is 5.91 Å². The van der Waals surface area contributed by atoms with Gasteiger partial charge in [-0.2, -0.15) is 0 Å². The van der Waals surface area contributed by atoms with Crippen molar-refractivity contribution >= 4 is 5.91 Å². The molecule has 1 saturated heterocycles. The Morgan fingerprint density at radius 3 is 2.56 bits per heavy atom. The summed E-state index contributed by atoms with van der Waals surface area (Å²) in [5, 5.41) is 0. The van der Waals surface area contributed by atoms with Crippen LogP contribution in [-0.2, 0) is 6.54 Å². The molecule has 1 unspecified atom stereocenters. The quantitative estimate of drug-likeness (QED) is 0.716. The number of nitrogens with zero attached hydrogens (tertiary/aromatic N) is 5. The van der Waals surface area contributed by atoms with Gasteiger partial charge in [-0.3, -0.25) is 14.8 Å². The van der Waals surface area contributed by atoms with Crippen LogP contribution in [0.25, 0.3) is 11.4 Å². The van der Waals surface area contributed by atoms with Crippen LogP contribution < -0.4 is 0 Å². The first-order chi connectivity index (χ1) is 13.2. The zero-order chi connectivity index (χ0) is 18.6. The number of pyridine rings is 2. The van der Waals surface area contributed by atoms with Crippen molar-refractivity contribution in [1.82, 2.24) is 24.4 Å². The van der Waals surface area contributed by atoms with Crippen LogP contribution in [0.4, 0.5) is 0 Å². The van der Waals surface area contributed by atoms with Crippen molar-refractivity contribution in [3.8, 4) is 11.4 Å². The van der Waals surface area contributed by atoms with Crippen LogP contribution in [0, 0.1) is 12.8 Å². The van der Waals surface area contributed by atoms with E-state index >= 15 is 0 Å². The van der Waals surface area contributed by atoms with Crippen molar-refractivity contribution in [2.45, 2.75) is 26.3 Å². The molecule has 0 bridgehead atoms. The average Bonchev–Trinajstić information content (AvgIpc) is 3.09. The first kappa shape index (κ1) is 17.4. The fourth-order valence-corrected chi connectivity index (χ4v) is 3.76. The van der Waals surface area contributed by atoms with Crippen LogP contribution in [0.5, 0.6) is 0 Å². The molecular weight excluding hydrogens is 338 g/mol. The van der Waals surface area contributed by atoms with Gasteiger partial charge in [0, 0.05) is 67.4 Å². The van der Waals surface area contributed by atoms with Crippen LogP contribution >= 0.6 is 0 Å². The van der Waals surface area contributed by atoms with E-state index in [1.165, 1.54) is 0 Å². The molecule has 3 aromatic rings. The molecule has 138 valence electrons. The summed E-state index contributed by atoms with van der Waals surface area (Å²) >= 11 is 0. The molecule has 1 aliphatic rings. The average molecular weight is 361 g/mol. The summed E-state index contributed by atoms with van der Waals surface area (Å²) in [4.78, 5) is 27.4. The summed E-state index contributed by atoms with van der Waals surface area (Å²) in [5.74, 6) is 1.48. The van der Waals surface area contributed by atoms with Gasteiger partial charge < -0.3 is 9.47 Å². The lowest BCUT2D eigenvalue weighted by molar-refractivity contribution is 0.0662. The van der Waals surface area contributed by atoms with E-state index in [1.54, 1.807) is 36.9 Å². The molecule has 1 atom stereocenters. The third kappa shape index (κ3) is 3.74. The van der Waals surface area contributed by atoms with Gasteiger partial charge in [-0.1, -0.05) is 0 Å². The topological polar surface area (TPSA) is 63.9 Å². The van der Waals surface area contributed by atoms with E-state index in [1.807, 2.05) is 23.2 Å². The van der Waals surface area contributed by atoms with Gasteiger partial charge in [-0.05, 0) is 49.9 Å². The molecule has 0 aliphatic carbocycles. The number of aromatic nitrogens is 4. The van der Waals surface area contributed by atoms with Gasteiger partial charge in [0.05, 0.1) is 0 Å². The van der Waals surface area contributed by atoms with Crippen LogP contribution in [0.1, 0.15) is 28.9 Å². The monoisotopic (exact) mass is 361 g/mol. The largest absolute Gasteiger partial charge is 0.338 e. The Balaban J connectivity index is 1.51. The van der Waals surface area contributed by atoms with Gasteiger partial charge in [0.2, 0.25) is 0 Å². The van der Waals surface area contributed by atoms with Crippen molar-refractivity contribution in [1.29, 1.82) is 0 Å². The number of rotatable bonds is 4. The predicted molar refractivity (Wildman–Crippen MR) is 103 cm³/mol. The van der Waals surface area contributed by atoms with Gasteiger partial charge in [-0.25, -0.2) is 4.98 Å². The molecule has 0 spiro atoms. The number of likely N-dealkylation sites (tertiary alicyclic amines) is 1. The summed E-state index contributed by atoms with van der Waals surface area (Å²) < 4.78 is 2.26. The first-order valence-corrected chi connectivity index (χ1v) is 9.34. The van der Waals surface area contributed by atoms with Gasteiger partial charge in [0.1, 0.15) is 5.82 Å². The van der Waals surface area contributed by atoms with Crippen molar-refractivity contribution in [3.05, 3.63) is 66.5 Å². The lowest BCUT2D eigenvalue weighted by Crippen LogP contribution is -2.41. The third-order valence-electron chi connectivity index (χ3n) is 5.17. The molecule has 4 rings (SSSR count). The van der Waals surface area contributed by atoms with Crippen LogP contribution in [-0.4, -0.2) is 43.4 Å². The Bertz CT molecular complexity index is 907. The standard InChI is InChI=1S/C21H23N5O/c1-16-13-24-20(18-4-8-22-9-5-18)26(16)15-17-3-2-12-25(14-17)21(27)19-6-10-23-11-7-19/h4-11,13,17H,2-3,12,14-15H2,1H3. The smallest absolute Gasteiger partial charge is 0.253 e. The molecule has 1 amide bonds. The Hall–Kier alpha value is -3.02. The molecule has 0 N–H and O–H groups in total. The van der Waals surface area contributed by atoms with Crippen LogP contribution in [0.2, 0.25) is 0 Å². The number of hydrogen-bond donors (Lipinski definition) is 0. The fraction of sp³-hybridized carbons (Fsp3) is 0.333. The lowest BCUT2D eigenvalue weighted by atomic mass is 9.97. The highest BCUT2D eigenvalue weighted by Crippen LogP contribution is 2.25. The maximum atomic E-state index is 12.8. The molecule has 1 aliphatic heterocycles. The second-order valence-corrected chi connectivity index (χ2v) is 7.06. The van der Waals surface area contributed by atoms with Crippen molar-refractivity contribution in [3.63, 3.8) is 0 Å². The van der Waals surface area contributed by atoms with Crippen molar-refractivity contribution < 1.29 is 4.79 Å². The zero-order valence-corrected chi connectivity index (χ0v) is 15.5. The second-order valence-electron chi connectivity index (χ2n) is 7.06. The minimum absolute atomic E-state index is 0.0961. The first-order valence-electron chi connectivity index (χ1n) is 9.34. The van der Waals surface area contributed by atoms with Gasteiger partial charge >= 0.3 is 0 Å². The Morgan fingerprint density at radius 1 is 1.11 bits per heavy atom. The number of piperidine rings is 1. The highest BCUT2D eigenvalue weighted by molar-refractivity contribution is 5.94. The number of amides is 1. The molecule has 1 fully saturated rings. The van der Waals surface area contributed by atoms with E-state index in [4.69, 9.17) is 0 Å². The van der Waals surface area contributed by atoms with E-state index in [2.05, 4.69) is 26.4 Å². The number of aryl methyl sites for hydroxylation is 1. The molecule has 4 heterocycles. The third-order valence-corrected chi connectivity index (χ3v) is 5.17. The van der Waals surface area contributed by atoms with E-state index in [9.17, 15) is 4.79 Å². The predicted octanol–water partition coefficient (Wildman–Crippen LogP) is 3.20. The highest BCUT2D eigenvalue weighted by Gasteiger charge is 2.25. The molecule has 0 saturated carbocycles. The SMILES string of the molecule is Cc1cnc(-c2ccncc2)n1CC1CCCN(C(=O)c2ccncc2)C1. The summed E-state index contributed by atoms with van der Waals surface area (Å²) in [6.45, 7) is 4.54. The zero-order valence-electron chi connectivity index (χ0n) is 15.5. The van der Waals surface area contributed by atoms with E-state index in [0.29, 0.717) is 11.5 Å². The summed E-state index contributed by atoms with van der Waals surface area (Å²) in [6.07, 6.45) is 11.0. The minimum Gasteiger partial charge on any atom is -0.338 e. The fourth-order valence-electron chi connectivity index (χ4n) is 3.76. The Labute approximate surface area is 158 Å². The summed E-state index contributed by atoms with van der Waals surface area (Å²) in [5.41, 5.74) is 2.92. The van der Waals surface area contributed by atoms with Gasteiger partial charge in [0.15, 0.2) is 0 Å². The van der Waals surface area contributed by atoms with Gasteiger partial charge in [-0.15, -0.1) is 0 Å². The number of imidazole rings is 1. The molecule has 0 aromatic carbocycles. The van der Waals surface area contributed by atoms with Crippen molar-refractivity contribution in [2.75, 3.05) is 13.1 Å². The Morgan fingerprint density at radius 2 is 1.81 bits per heavy atom. The normalized spacial score (nSPS) is 17.1.